The first-order valence-electron chi connectivity index (χ1n) is 10.3. The number of aromatic amines is 1. The van der Waals surface area contributed by atoms with Crippen LogP contribution in [0.5, 0.6) is 0 Å². The minimum absolute atomic E-state index is 0.00396. The number of hydrogen-bond acceptors (Lipinski definition) is 4. The molecule has 1 saturated carbocycles. The van der Waals surface area contributed by atoms with Gasteiger partial charge in [-0.1, -0.05) is 35.9 Å². The summed E-state index contributed by atoms with van der Waals surface area (Å²) in [6.45, 7) is 2.65. The zero-order valence-electron chi connectivity index (χ0n) is 17.6. The summed E-state index contributed by atoms with van der Waals surface area (Å²) < 4.78 is 2.19. The molecule has 2 N–H and O–H groups in total. The number of rotatable bonds is 7. The molecule has 1 heterocycles. The summed E-state index contributed by atoms with van der Waals surface area (Å²) in [5, 5.41) is 9.79. The van der Waals surface area contributed by atoms with E-state index < -0.39 is 0 Å². The highest BCUT2D eigenvalue weighted by molar-refractivity contribution is 7.71. The molecule has 31 heavy (non-hydrogen) atoms. The van der Waals surface area contributed by atoms with Crippen LogP contribution in [0.1, 0.15) is 34.3 Å². The van der Waals surface area contributed by atoms with Crippen LogP contribution in [0.25, 0.3) is 11.4 Å². The lowest BCUT2D eigenvalue weighted by Crippen LogP contribution is -2.35. The Kier molecular flexibility index (Phi) is 5.99. The van der Waals surface area contributed by atoms with Crippen LogP contribution in [0.2, 0.25) is 0 Å². The number of aryl methyl sites for hydroxylation is 1. The fraction of sp³-hybridized carbons (Fsp3) is 0.304. The van der Waals surface area contributed by atoms with Gasteiger partial charge in [-0.05, 0) is 55.7 Å². The van der Waals surface area contributed by atoms with E-state index in [0.29, 0.717) is 22.7 Å². The van der Waals surface area contributed by atoms with Crippen LogP contribution in [-0.2, 0) is 17.9 Å². The molecule has 3 aromatic rings. The SMILES string of the molecule is CNC(=O)c1ccc(CN(C(=O)Cn2c(-c3cccc(C)c3)n[nH]c2=S)C2CC2)cc1. The van der Waals surface area contributed by atoms with Gasteiger partial charge in [0.25, 0.3) is 5.91 Å². The van der Waals surface area contributed by atoms with E-state index >= 15 is 0 Å². The Morgan fingerprint density at radius 3 is 2.61 bits per heavy atom. The number of carbonyl (C=O) groups is 2. The number of nitrogens with zero attached hydrogens (tertiary/aromatic N) is 3. The van der Waals surface area contributed by atoms with Gasteiger partial charge in [0.15, 0.2) is 10.6 Å². The molecule has 2 amide bonds. The normalized spacial score (nSPS) is 13.1. The predicted octanol–water partition coefficient (Wildman–Crippen LogP) is 3.47. The molecular weight excluding hydrogens is 410 g/mol. The van der Waals surface area contributed by atoms with Crippen molar-refractivity contribution in [2.75, 3.05) is 7.05 Å². The van der Waals surface area contributed by atoms with E-state index in [-0.39, 0.29) is 24.4 Å². The second-order valence-corrected chi connectivity index (χ2v) is 8.22. The van der Waals surface area contributed by atoms with Crippen molar-refractivity contribution in [1.29, 1.82) is 0 Å². The third-order valence-corrected chi connectivity index (χ3v) is 5.74. The molecule has 0 atom stereocenters. The molecule has 4 rings (SSSR count). The lowest BCUT2D eigenvalue weighted by atomic mass is 10.1. The van der Waals surface area contributed by atoms with Gasteiger partial charge in [0.2, 0.25) is 5.91 Å². The Bertz CT molecular complexity index is 1160. The van der Waals surface area contributed by atoms with E-state index in [1.165, 1.54) is 0 Å². The quantitative estimate of drug-likeness (QED) is 0.557. The van der Waals surface area contributed by atoms with Crippen LogP contribution < -0.4 is 5.32 Å². The van der Waals surface area contributed by atoms with E-state index in [0.717, 1.165) is 29.5 Å². The maximum Gasteiger partial charge on any atom is 0.251 e. The Labute approximate surface area is 186 Å². The number of amides is 2. The summed E-state index contributed by atoms with van der Waals surface area (Å²) in [7, 11) is 1.61. The summed E-state index contributed by atoms with van der Waals surface area (Å²) in [6, 6.07) is 15.6. The topological polar surface area (TPSA) is 83.0 Å². The van der Waals surface area contributed by atoms with Crippen molar-refractivity contribution in [3.63, 3.8) is 0 Å². The fourth-order valence-electron chi connectivity index (χ4n) is 3.60. The minimum Gasteiger partial charge on any atom is -0.355 e. The number of carbonyl (C=O) groups excluding carboxylic acids is 2. The van der Waals surface area contributed by atoms with Crippen LogP contribution in [-0.4, -0.2) is 44.6 Å². The van der Waals surface area contributed by atoms with Crippen molar-refractivity contribution < 1.29 is 9.59 Å². The molecule has 7 nitrogen and oxygen atoms in total. The van der Waals surface area contributed by atoms with E-state index in [4.69, 9.17) is 12.2 Å². The van der Waals surface area contributed by atoms with Crippen LogP contribution in [0.4, 0.5) is 0 Å². The summed E-state index contributed by atoms with van der Waals surface area (Å²) in [5.74, 6) is 0.539. The first-order chi connectivity index (χ1) is 15.0. The standard InChI is InChI=1S/C23H25N5O2S/c1-15-4-3-5-18(12-15)21-25-26-23(31)28(21)14-20(29)27(19-10-11-19)13-16-6-8-17(9-7-16)22(30)24-2/h3-9,12,19H,10-11,13-14H2,1-2H3,(H,24,30)(H,26,31). The predicted molar refractivity (Wildman–Crippen MR) is 121 cm³/mol. The third kappa shape index (κ3) is 4.74. The van der Waals surface area contributed by atoms with Gasteiger partial charge < -0.3 is 10.2 Å². The minimum atomic E-state index is -0.125. The number of benzene rings is 2. The van der Waals surface area contributed by atoms with Crippen molar-refractivity contribution in [1.82, 2.24) is 25.0 Å². The molecule has 0 spiro atoms. The maximum absolute atomic E-state index is 13.3. The van der Waals surface area contributed by atoms with Crippen molar-refractivity contribution in [2.24, 2.45) is 0 Å². The molecule has 1 aliphatic carbocycles. The van der Waals surface area contributed by atoms with E-state index in [9.17, 15) is 9.59 Å². The molecular formula is C23H25N5O2S. The molecule has 2 aromatic carbocycles. The highest BCUT2D eigenvalue weighted by Gasteiger charge is 2.33. The molecule has 0 aliphatic heterocycles. The largest absolute Gasteiger partial charge is 0.355 e. The Balaban J connectivity index is 1.54. The molecule has 1 aromatic heterocycles. The van der Waals surface area contributed by atoms with E-state index in [1.807, 2.05) is 48.2 Å². The van der Waals surface area contributed by atoms with Crippen LogP contribution in [0.3, 0.4) is 0 Å². The first kappa shape index (κ1) is 21.0. The van der Waals surface area contributed by atoms with Gasteiger partial charge in [-0.25, -0.2) is 0 Å². The highest BCUT2D eigenvalue weighted by Crippen LogP contribution is 2.29. The molecule has 0 saturated heterocycles. The van der Waals surface area contributed by atoms with Crippen LogP contribution >= 0.6 is 12.2 Å². The zero-order valence-corrected chi connectivity index (χ0v) is 18.4. The summed E-state index contributed by atoms with van der Waals surface area (Å²) in [4.78, 5) is 26.9. The molecule has 1 aliphatic rings. The van der Waals surface area contributed by atoms with Gasteiger partial charge >= 0.3 is 0 Å². The molecule has 160 valence electrons. The Morgan fingerprint density at radius 2 is 1.97 bits per heavy atom. The Morgan fingerprint density at radius 1 is 1.23 bits per heavy atom. The van der Waals surface area contributed by atoms with Gasteiger partial charge in [0.1, 0.15) is 6.54 Å². The van der Waals surface area contributed by atoms with Gasteiger partial charge in [0, 0.05) is 30.8 Å². The molecule has 8 heteroatoms. The zero-order chi connectivity index (χ0) is 22.0. The molecule has 0 bridgehead atoms. The summed E-state index contributed by atoms with van der Waals surface area (Å²) in [6.07, 6.45) is 2.01. The second kappa shape index (κ2) is 8.85. The molecule has 1 fully saturated rings. The number of nitrogens with one attached hydrogen (secondary N) is 2. The van der Waals surface area contributed by atoms with Crippen LogP contribution in [0.15, 0.2) is 48.5 Å². The second-order valence-electron chi connectivity index (χ2n) is 7.84. The Hall–Kier alpha value is -3.26. The van der Waals surface area contributed by atoms with Crippen LogP contribution in [0, 0.1) is 11.7 Å². The fourth-order valence-corrected chi connectivity index (χ4v) is 3.80. The lowest BCUT2D eigenvalue weighted by molar-refractivity contribution is -0.133. The summed E-state index contributed by atoms with van der Waals surface area (Å²) >= 11 is 5.41. The monoisotopic (exact) mass is 435 g/mol. The van der Waals surface area contributed by atoms with E-state index in [1.54, 1.807) is 23.7 Å². The number of aromatic nitrogens is 3. The molecule has 0 unspecified atom stereocenters. The maximum atomic E-state index is 13.3. The van der Waals surface area contributed by atoms with Gasteiger partial charge in [-0.15, -0.1) is 0 Å². The average Bonchev–Trinajstić information content (AvgIpc) is 3.55. The van der Waals surface area contributed by atoms with Gasteiger partial charge in [-0.2, -0.15) is 5.10 Å². The van der Waals surface area contributed by atoms with Crippen molar-refractivity contribution in [2.45, 2.75) is 38.9 Å². The number of H-pyrrole nitrogens is 1. The first-order valence-corrected chi connectivity index (χ1v) is 10.7. The summed E-state index contributed by atoms with van der Waals surface area (Å²) in [5.41, 5.74) is 3.62. The average molecular weight is 436 g/mol. The van der Waals surface area contributed by atoms with Gasteiger partial charge in [-0.3, -0.25) is 19.3 Å². The lowest BCUT2D eigenvalue weighted by Gasteiger charge is -2.23. The number of hydrogen-bond donors (Lipinski definition) is 2. The third-order valence-electron chi connectivity index (χ3n) is 5.43. The smallest absolute Gasteiger partial charge is 0.251 e. The van der Waals surface area contributed by atoms with E-state index in [2.05, 4.69) is 15.5 Å². The van der Waals surface area contributed by atoms with Gasteiger partial charge in [0.05, 0.1) is 0 Å². The molecule has 0 radical (unpaired) electrons. The highest BCUT2D eigenvalue weighted by atomic mass is 32.1. The van der Waals surface area contributed by atoms with Crippen molar-refractivity contribution in [3.8, 4) is 11.4 Å². The van der Waals surface area contributed by atoms with Crippen molar-refractivity contribution in [3.05, 3.63) is 70.0 Å². The van der Waals surface area contributed by atoms with Crippen molar-refractivity contribution >= 4 is 24.0 Å².